The van der Waals surface area contributed by atoms with Gasteiger partial charge in [-0.1, -0.05) is 37.6 Å². The van der Waals surface area contributed by atoms with Crippen molar-refractivity contribution in [3.8, 4) is 11.3 Å². The normalized spacial score (nSPS) is 12.3. The van der Waals surface area contributed by atoms with E-state index in [4.69, 9.17) is 0 Å². The van der Waals surface area contributed by atoms with Crippen LogP contribution in [-0.2, 0) is 13.0 Å². The van der Waals surface area contributed by atoms with Gasteiger partial charge in [-0.15, -0.1) is 0 Å². The molecule has 0 aliphatic carbocycles. The minimum absolute atomic E-state index is 0.545. The number of aryl methyl sites for hydroxylation is 1. The molecule has 3 rings (SSSR count). The fraction of sp³-hybridized carbons (Fsp3) is 0.316. The first kappa shape index (κ1) is 16.3. The molecule has 2 heterocycles. The monoisotopic (exact) mass is 322 g/mol. The van der Waals surface area contributed by atoms with Crippen molar-refractivity contribution in [3.63, 3.8) is 0 Å². The van der Waals surface area contributed by atoms with Gasteiger partial charge in [0.2, 0.25) is 0 Å². The van der Waals surface area contributed by atoms with E-state index in [2.05, 4.69) is 46.4 Å². The second-order valence-electron chi connectivity index (χ2n) is 5.95. The van der Waals surface area contributed by atoms with Crippen molar-refractivity contribution in [3.05, 3.63) is 65.9 Å². The van der Waals surface area contributed by atoms with E-state index in [0.717, 1.165) is 29.8 Å². The minimum Gasteiger partial charge on any atom is -0.385 e. The van der Waals surface area contributed by atoms with Crippen molar-refractivity contribution in [2.75, 3.05) is 0 Å². The maximum atomic E-state index is 9.71. The number of aliphatic hydroxyl groups excluding tert-OH is 1. The van der Waals surface area contributed by atoms with Crippen LogP contribution in [0.1, 0.15) is 43.5 Å². The van der Waals surface area contributed by atoms with Crippen LogP contribution in [-0.4, -0.2) is 24.9 Å². The van der Waals surface area contributed by atoms with Gasteiger partial charge < -0.3 is 9.67 Å². The number of nitrogens with zero attached hydrogens (tertiary/aromatic N) is 4. The fourth-order valence-corrected chi connectivity index (χ4v) is 2.73. The molecule has 0 aliphatic heterocycles. The van der Waals surface area contributed by atoms with Gasteiger partial charge in [0.1, 0.15) is 11.9 Å². The number of aromatic nitrogens is 4. The molecule has 0 amide bonds. The van der Waals surface area contributed by atoms with Crippen molar-refractivity contribution in [2.45, 2.75) is 39.3 Å². The van der Waals surface area contributed by atoms with Crippen LogP contribution in [0.5, 0.6) is 0 Å². The van der Waals surface area contributed by atoms with Gasteiger partial charge in [-0.2, -0.15) is 10.2 Å². The van der Waals surface area contributed by atoms with E-state index in [1.54, 1.807) is 13.1 Å². The highest BCUT2D eigenvalue weighted by Crippen LogP contribution is 2.18. The quantitative estimate of drug-likeness (QED) is 0.755. The second kappa shape index (κ2) is 7.36. The average Bonchev–Trinajstić information content (AvgIpc) is 3.05. The molecule has 0 fully saturated rings. The molecule has 1 atom stereocenters. The Hall–Kier alpha value is -2.53. The van der Waals surface area contributed by atoms with Gasteiger partial charge in [0.15, 0.2) is 0 Å². The second-order valence-corrected chi connectivity index (χ2v) is 5.95. The van der Waals surface area contributed by atoms with E-state index in [-0.39, 0.29) is 0 Å². The molecule has 3 aromatic rings. The molecule has 0 saturated heterocycles. The lowest BCUT2D eigenvalue weighted by Crippen LogP contribution is -2.08. The van der Waals surface area contributed by atoms with Crippen LogP contribution in [0.4, 0.5) is 0 Å². The summed E-state index contributed by atoms with van der Waals surface area (Å²) in [6.07, 6.45) is 5.16. The molecule has 0 saturated carbocycles. The van der Waals surface area contributed by atoms with Crippen LogP contribution < -0.4 is 0 Å². The van der Waals surface area contributed by atoms with Gasteiger partial charge in [0.05, 0.1) is 17.9 Å². The minimum atomic E-state index is -0.603. The smallest absolute Gasteiger partial charge is 0.137 e. The van der Waals surface area contributed by atoms with Crippen molar-refractivity contribution in [1.82, 2.24) is 19.7 Å². The first-order valence-corrected chi connectivity index (χ1v) is 8.28. The van der Waals surface area contributed by atoms with E-state index in [9.17, 15) is 5.11 Å². The largest absolute Gasteiger partial charge is 0.385 e. The van der Waals surface area contributed by atoms with Gasteiger partial charge in [-0.3, -0.25) is 0 Å². The Morgan fingerprint density at radius 1 is 1.08 bits per heavy atom. The molecule has 0 radical (unpaired) electrons. The Morgan fingerprint density at radius 2 is 1.88 bits per heavy atom. The summed E-state index contributed by atoms with van der Waals surface area (Å²) in [4.78, 5) is 4.17. The Bertz CT molecular complexity index is 776. The van der Waals surface area contributed by atoms with E-state index in [1.807, 2.05) is 22.9 Å². The highest BCUT2D eigenvalue weighted by atomic mass is 16.3. The molecular weight excluding hydrogens is 300 g/mol. The zero-order chi connectivity index (χ0) is 16.9. The topological polar surface area (TPSA) is 63.8 Å². The molecule has 124 valence electrons. The van der Waals surface area contributed by atoms with E-state index in [1.165, 1.54) is 5.56 Å². The van der Waals surface area contributed by atoms with Gasteiger partial charge in [-0.25, -0.2) is 4.98 Å². The van der Waals surface area contributed by atoms with Crippen molar-refractivity contribution < 1.29 is 5.11 Å². The summed E-state index contributed by atoms with van der Waals surface area (Å²) in [6.45, 7) is 4.43. The molecule has 0 spiro atoms. The summed E-state index contributed by atoms with van der Waals surface area (Å²) in [6, 6.07) is 12.4. The number of aliphatic hydroxyl groups is 1. The maximum Gasteiger partial charge on any atom is 0.137 e. The zero-order valence-electron chi connectivity index (χ0n) is 14.1. The molecule has 0 aliphatic rings. The summed E-state index contributed by atoms with van der Waals surface area (Å²) in [5, 5.41) is 18.3. The zero-order valence-corrected chi connectivity index (χ0v) is 14.1. The first-order chi connectivity index (χ1) is 11.7. The number of benzene rings is 1. The fourth-order valence-electron chi connectivity index (χ4n) is 2.73. The van der Waals surface area contributed by atoms with Crippen LogP contribution in [0.15, 0.2) is 48.8 Å². The summed E-state index contributed by atoms with van der Waals surface area (Å²) < 4.78 is 1.88. The standard InChI is InChI=1S/C19H22N4O/c1-3-4-15-5-7-16(8-6-15)18-10-9-17(21-22-18)13-23-12-11-20-19(23)14(2)24/h5-12,14,24H,3-4,13H2,1-2H3. The van der Waals surface area contributed by atoms with Crippen LogP contribution >= 0.6 is 0 Å². The maximum absolute atomic E-state index is 9.71. The van der Waals surface area contributed by atoms with Gasteiger partial charge in [0.25, 0.3) is 0 Å². The lowest BCUT2D eigenvalue weighted by molar-refractivity contribution is 0.184. The summed E-state index contributed by atoms with van der Waals surface area (Å²) in [5.41, 5.74) is 4.11. The van der Waals surface area contributed by atoms with E-state index >= 15 is 0 Å². The summed E-state index contributed by atoms with van der Waals surface area (Å²) in [5.74, 6) is 0.632. The average molecular weight is 322 g/mol. The third-order valence-corrected chi connectivity index (χ3v) is 3.96. The highest BCUT2D eigenvalue weighted by molar-refractivity contribution is 5.58. The Kier molecular flexibility index (Phi) is 5.01. The third-order valence-electron chi connectivity index (χ3n) is 3.96. The first-order valence-electron chi connectivity index (χ1n) is 8.28. The van der Waals surface area contributed by atoms with Gasteiger partial charge in [0, 0.05) is 18.0 Å². The number of hydrogen-bond acceptors (Lipinski definition) is 4. The molecule has 2 aromatic heterocycles. The van der Waals surface area contributed by atoms with Crippen LogP contribution in [0, 0.1) is 0 Å². The Labute approximate surface area is 142 Å². The SMILES string of the molecule is CCCc1ccc(-c2ccc(Cn3ccnc3C(C)O)nn2)cc1. The molecule has 1 unspecified atom stereocenters. The molecule has 5 nitrogen and oxygen atoms in total. The molecule has 1 aromatic carbocycles. The number of rotatable bonds is 6. The van der Waals surface area contributed by atoms with Crippen molar-refractivity contribution in [1.29, 1.82) is 0 Å². The molecule has 1 N–H and O–H groups in total. The Balaban J connectivity index is 1.74. The Morgan fingerprint density at radius 3 is 2.50 bits per heavy atom. The molecule has 24 heavy (non-hydrogen) atoms. The van der Waals surface area contributed by atoms with E-state index < -0.39 is 6.10 Å². The molecular formula is C19H22N4O. The predicted molar refractivity (Wildman–Crippen MR) is 93.4 cm³/mol. The highest BCUT2D eigenvalue weighted by Gasteiger charge is 2.10. The number of imidazole rings is 1. The lowest BCUT2D eigenvalue weighted by Gasteiger charge is -2.09. The van der Waals surface area contributed by atoms with Crippen LogP contribution in [0.2, 0.25) is 0 Å². The lowest BCUT2D eigenvalue weighted by atomic mass is 10.1. The van der Waals surface area contributed by atoms with Crippen molar-refractivity contribution >= 4 is 0 Å². The van der Waals surface area contributed by atoms with Gasteiger partial charge in [-0.05, 0) is 31.0 Å². The predicted octanol–water partition coefficient (Wildman–Crippen LogP) is 3.39. The third kappa shape index (κ3) is 3.68. The summed E-state index contributed by atoms with van der Waals surface area (Å²) >= 11 is 0. The van der Waals surface area contributed by atoms with Crippen LogP contribution in [0.25, 0.3) is 11.3 Å². The molecule has 0 bridgehead atoms. The van der Waals surface area contributed by atoms with Gasteiger partial charge >= 0.3 is 0 Å². The molecule has 5 heteroatoms. The number of hydrogen-bond donors (Lipinski definition) is 1. The van der Waals surface area contributed by atoms with Crippen LogP contribution in [0.3, 0.4) is 0 Å². The van der Waals surface area contributed by atoms with E-state index in [0.29, 0.717) is 12.4 Å². The summed E-state index contributed by atoms with van der Waals surface area (Å²) in [7, 11) is 0. The van der Waals surface area contributed by atoms with Crippen molar-refractivity contribution in [2.24, 2.45) is 0 Å².